The summed E-state index contributed by atoms with van der Waals surface area (Å²) in [5.74, 6) is 0.276. The fraction of sp³-hybridized carbons (Fsp3) is 0.636. The highest BCUT2D eigenvalue weighted by atomic mass is 32.2. The lowest BCUT2D eigenvalue weighted by Crippen LogP contribution is -2.09. The summed E-state index contributed by atoms with van der Waals surface area (Å²) in [6.45, 7) is 5.13. The van der Waals surface area contributed by atoms with Crippen LogP contribution in [0.4, 0.5) is 5.95 Å². The molecule has 1 heterocycles. The average molecular weight is 286 g/mol. The third-order valence-corrected chi connectivity index (χ3v) is 2.77. The van der Waals surface area contributed by atoms with Gasteiger partial charge in [0.15, 0.2) is 5.16 Å². The Morgan fingerprint density at radius 3 is 2.74 bits per heavy atom. The molecule has 1 rings (SSSR count). The molecule has 0 aliphatic rings. The van der Waals surface area contributed by atoms with E-state index in [9.17, 15) is 4.79 Å². The van der Waals surface area contributed by atoms with Crippen LogP contribution in [0.15, 0.2) is 5.16 Å². The van der Waals surface area contributed by atoms with Crippen LogP contribution in [0.1, 0.15) is 20.3 Å². The molecule has 0 fully saturated rings. The van der Waals surface area contributed by atoms with E-state index in [1.54, 1.807) is 0 Å². The number of methoxy groups -OCH3 is 1. The number of nitrogens with zero attached hydrogens (tertiary/aromatic N) is 3. The summed E-state index contributed by atoms with van der Waals surface area (Å²) >= 11 is 1.18. The van der Waals surface area contributed by atoms with Gasteiger partial charge in [0.25, 0.3) is 0 Å². The molecule has 0 saturated heterocycles. The highest BCUT2D eigenvalue weighted by Crippen LogP contribution is 2.17. The second-order valence-corrected chi connectivity index (χ2v) is 4.39. The Labute approximate surface area is 116 Å². The summed E-state index contributed by atoms with van der Waals surface area (Å²) in [7, 11) is 1.34. The molecule has 106 valence electrons. The minimum atomic E-state index is -0.327. The molecule has 0 aliphatic heterocycles. The van der Waals surface area contributed by atoms with Gasteiger partial charge in [-0.15, -0.1) is 0 Å². The number of anilines is 1. The lowest BCUT2D eigenvalue weighted by molar-refractivity contribution is -0.137. The Hall–Kier alpha value is -1.57. The molecule has 0 spiro atoms. The second kappa shape index (κ2) is 8.52. The molecule has 0 saturated carbocycles. The maximum atomic E-state index is 11.1. The van der Waals surface area contributed by atoms with Gasteiger partial charge in [-0.2, -0.15) is 15.0 Å². The van der Waals surface area contributed by atoms with Crippen molar-refractivity contribution in [3.8, 4) is 6.01 Å². The van der Waals surface area contributed by atoms with Gasteiger partial charge in [0.1, 0.15) is 0 Å². The van der Waals surface area contributed by atoms with E-state index in [1.807, 2.05) is 13.8 Å². The van der Waals surface area contributed by atoms with E-state index >= 15 is 0 Å². The Bertz CT molecular complexity index is 417. The van der Waals surface area contributed by atoms with E-state index in [1.165, 1.54) is 18.9 Å². The van der Waals surface area contributed by atoms with Gasteiger partial charge in [-0.25, -0.2) is 0 Å². The predicted octanol–water partition coefficient (Wildman–Crippen LogP) is 1.36. The van der Waals surface area contributed by atoms with Crippen molar-refractivity contribution in [1.29, 1.82) is 0 Å². The fourth-order valence-corrected chi connectivity index (χ4v) is 1.75. The van der Waals surface area contributed by atoms with Gasteiger partial charge >= 0.3 is 12.0 Å². The van der Waals surface area contributed by atoms with E-state index in [4.69, 9.17) is 4.74 Å². The van der Waals surface area contributed by atoms with Crippen molar-refractivity contribution in [3.63, 3.8) is 0 Å². The number of ether oxygens (including phenoxy) is 2. The monoisotopic (exact) mass is 286 g/mol. The molecule has 0 radical (unpaired) electrons. The first-order valence-corrected chi connectivity index (χ1v) is 7.00. The smallest absolute Gasteiger partial charge is 0.322 e. The number of hydrogen-bond donors (Lipinski definition) is 1. The van der Waals surface area contributed by atoms with Crippen LogP contribution in [0, 0.1) is 0 Å². The second-order valence-electron chi connectivity index (χ2n) is 3.45. The largest absolute Gasteiger partial charge is 0.468 e. The highest BCUT2D eigenvalue weighted by Gasteiger charge is 2.10. The van der Waals surface area contributed by atoms with Crippen LogP contribution in [0.25, 0.3) is 0 Å². The van der Waals surface area contributed by atoms with Crippen LogP contribution >= 0.6 is 11.8 Å². The Morgan fingerprint density at radius 2 is 2.11 bits per heavy atom. The van der Waals surface area contributed by atoms with Gasteiger partial charge in [0.05, 0.1) is 19.5 Å². The molecule has 19 heavy (non-hydrogen) atoms. The molecule has 1 aromatic heterocycles. The topological polar surface area (TPSA) is 86.2 Å². The first kappa shape index (κ1) is 15.5. The third-order valence-electron chi connectivity index (χ3n) is 1.95. The molecule has 0 atom stereocenters. The van der Waals surface area contributed by atoms with Crippen LogP contribution in [-0.2, 0) is 9.53 Å². The summed E-state index contributed by atoms with van der Waals surface area (Å²) in [6, 6.07) is 0.253. The molecule has 0 unspecified atom stereocenters. The summed E-state index contributed by atoms with van der Waals surface area (Å²) in [5.41, 5.74) is 0. The zero-order chi connectivity index (χ0) is 14.1. The molecule has 0 bridgehead atoms. The lowest BCUT2D eigenvalue weighted by atomic mass is 10.5. The van der Waals surface area contributed by atoms with Crippen molar-refractivity contribution in [1.82, 2.24) is 15.0 Å². The molecular weight excluding hydrogens is 268 g/mol. The summed E-state index contributed by atoms with van der Waals surface area (Å²) < 4.78 is 9.84. The molecule has 8 heteroatoms. The maximum Gasteiger partial charge on any atom is 0.322 e. The quantitative estimate of drug-likeness (QED) is 0.566. The summed E-state index contributed by atoms with van der Waals surface area (Å²) in [6.07, 6.45) is 0.959. The lowest BCUT2D eigenvalue weighted by Gasteiger charge is -2.07. The van der Waals surface area contributed by atoms with E-state index in [0.29, 0.717) is 17.7 Å². The Balaban J connectivity index is 2.76. The first-order valence-electron chi connectivity index (χ1n) is 6.02. The van der Waals surface area contributed by atoms with Gasteiger partial charge in [0, 0.05) is 6.54 Å². The highest BCUT2D eigenvalue weighted by molar-refractivity contribution is 7.99. The van der Waals surface area contributed by atoms with E-state index < -0.39 is 0 Å². The zero-order valence-corrected chi connectivity index (χ0v) is 12.1. The minimum Gasteiger partial charge on any atom is -0.468 e. The number of thioether (sulfide) groups is 1. The Morgan fingerprint density at radius 1 is 1.32 bits per heavy atom. The van der Waals surface area contributed by atoms with Crippen LogP contribution in [0.5, 0.6) is 6.01 Å². The third kappa shape index (κ3) is 5.73. The van der Waals surface area contributed by atoms with Crippen LogP contribution in [0.3, 0.4) is 0 Å². The first-order chi connectivity index (χ1) is 9.19. The number of esters is 1. The van der Waals surface area contributed by atoms with Gasteiger partial charge in [-0.3, -0.25) is 4.79 Å². The van der Waals surface area contributed by atoms with Gasteiger partial charge in [-0.1, -0.05) is 18.7 Å². The molecule has 0 amide bonds. The SMILES string of the molecule is CCCNc1nc(OCC)nc(SCC(=O)OC)n1. The standard InChI is InChI=1S/C11H18N4O3S/c1-4-6-12-9-13-10(18-5-2)15-11(14-9)19-7-8(16)17-3/h4-7H2,1-3H3,(H,12,13,14,15). The fourth-order valence-electron chi connectivity index (χ4n) is 1.09. The molecule has 7 nitrogen and oxygen atoms in total. The van der Waals surface area contributed by atoms with E-state index in [2.05, 4.69) is 25.0 Å². The number of rotatable bonds is 8. The summed E-state index contributed by atoms with van der Waals surface area (Å²) in [5, 5.41) is 3.50. The molecule has 1 aromatic rings. The van der Waals surface area contributed by atoms with Crippen molar-refractivity contribution in [2.75, 3.05) is 31.3 Å². The molecule has 0 aliphatic carbocycles. The van der Waals surface area contributed by atoms with Gasteiger partial charge in [0.2, 0.25) is 5.95 Å². The Kier molecular flexibility index (Phi) is 6.94. The van der Waals surface area contributed by atoms with Crippen molar-refractivity contribution < 1.29 is 14.3 Å². The van der Waals surface area contributed by atoms with Crippen LogP contribution < -0.4 is 10.1 Å². The number of carbonyl (C=O) groups excluding carboxylic acids is 1. The average Bonchev–Trinajstić information content (AvgIpc) is 2.42. The zero-order valence-electron chi connectivity index (χ0n) is 11.3. The van der Waals surface area contributed by atoms with Crippen molar-refractivity contribution >= 4 is 23.7 Å². The van der Waals surface area contributed by atoms with Gasteiger partial charge < -0.3 is 14.8 Å². The van der Waals surface area contributed by atoms with Crippen LogP contribution in [-0.4, -0.2) is 46.9 Å². The number of carbonyl (C=O) groups is 1. The normalized spacial score (nSPS) is 10.1. The van der Waals surface area contributed by atoms with Crippen LogP contribution in [0.2, 0.25) is 0 Å². The van der Waals surface area contributed by atoms with Crippen molar-refractivity contribution in [2.45, 2.75) is 25.4 Å². The minimum absolute atomic E-state index is 0.152. The molecule has 1 N–H and O–H groups in total. The number of nitrogens with one attached hydrogen (secondary N) is 1. The van der Waals surface area contributed by atoms with Crippen molar-refractivity contribution in [2.24, 2.45) is 0 Å². The van der Waals surface area contributed by atoms with E-state index in [-0.39, 0.29) is 17.7 Å². The molecular formula is C11H18N4O3S. The maximum absolute atomic E-state index is 11.1. The van der Waals surface area contributed by atoms with E-state index in [0.717, 1.165) is 13.0 Å². The number of hydrogen-bond acceptors (Lipinski definition) is 8. The van der Waals surface area contributed by atoms with Gasteiger partial charge in [-0.05, 0) is 13.3 Å². The molecule has 0 aromatic carbocycles. The number of aromatic nitrogens is 3. The van der Waals surface area contributed by atoms with Crippen molar-refractivity contribution in [3.05, 3.63) is 0 Å². The predicted molar refractivity (Wildman–Crippen MR) is 72.5 cm³/mol. The summed E-state index contributed by atoms with van der Waals surface area (Å²) in [4.78, 5) is 23.5.